The molecule has 1 aliphatic rings. The molecule has 0 spiro atoms. The van der Waals surface area contributed by atoms with Gasteiger partial charge in [0.1, 0.15) is 13.2 Å². The Balaban J connectivity index is 0.000000810. The van der Waals surface area contributed by atoms with E-state index >= 15 is 0 Å². The number of hydrogen-bond acceptors (Lipinski definition) is 3. The molecule has 3 nitrogen and oxygen atoms in total. The van der Waals surface area contributed by atoms with Crippen molar-refractivity contribution in [1.29, 1.82) is 0 Å². The summed E-state index contributed by atoms with van der Waals surface area (Å²) in [7, 11) is -1.79. The van der Waals surface area contributed by atoms with Gasteiger partial charge < -0.3 is 0 Å². The third kappa shape index (κ3) is 4.78. The molecule has 0 amide bonds. The van der Waals surface area contributed by atoms with Crippen molar-refractivity contribution < 1.29 is 13.6 Å². The van der Waals surface area contributed by atoms with Crippen molar-refractivity contribution in [2.75, 3.05) is 13.2 Å². The molecule has 0 aliphatic carbocycles. The van der Waals surface area contributed by atoms with E-state index in [4.69, 9.17) is 9.05 Å². The summed E-state index contributed by atoms with van der Waals surface area (Å²) in [6, 6.07) is 0. The van der Waals surface area contributed by atoms with Crippen LogP contribution in [0.5, 0.6) is 0 Å². The zero-order valence-electron chi connectivity index (χ0n) is 6.21. The summed E-state index contributed by atoms with van der Waals surface area (Å²) in [6.45, 7) is 1.16. The molecule has 0 aromatic carbocycles. The molecule has 10 heavy (non-hydrogen) atoms. The van der Waals surface area contributed by atoms with Crippen LogP contribution in [-0.2, 0) is 13.6 Å². The summed E-state index contributed by atoms with van der Waals surface area (Å²) in [5, 5.41) is 0. The fourth-order valence-corrected chi connectivity index (χ4v) is 1.33. The first-order chi connectivity index (χ1) is 4.39. The van der Waals surface area contributed by atoms with Gasteiger partial charge in [-0.25, -0.2) is 0 Å². The first kappa shape index (κ1) is 11.0. The number of hydrogen-bond donors (Lipinski definition) is 0. The van der Waals surface area contributed by atoms with Crippen molar-refractivity contribution in [2.24, 2.45) is 0 Å². The second-order valence-corrected chi connectivity index (χ2v) is 2.91. The van der Waals surface area contributed by atoms with Crippen LogP contribution in [0.3, 0.4) is 0 Å². The monoisotopic (exact) mass is 172 g/mol. The minimum Gasteiger partial charge on any atom is -0.119 e. The maximum absolute atomic E-state index is 10.5. The van der Waals surface area contributed by atoms with E-state index < -0.39 is 8.25 Å². The molecule has 1 radical (unpaired) electrons. The molecule has 53 valence electrons. The van der Waals surface area contributed by atoms with Crippen LogP contribution in [0.2, 0.25) is 0 Å². The van der Waals surface area contributed by atoms with Gasteiger partial charge in [0, 0.05) is 34.1 Å². The zero-order valence-corrected chi connectivity index (χ0v) is 9.10. The largest absolute Gasteiger partial charge is 0.697 e. The van der Waals surface area contributed by atoms with E-state index in [-0.39, 0.29) is 29.6 Å². The molecule has 1 aliphatic heterocycles. The van der Waals surface area contributed by atoms with Gasteiger partial charge in [0.05, 0.1) is 0 Å². The van der Waals surface area contributed by atoms with Crippen molar-refractivity contribution in [2.45, 2.75) is 19.3 Å². The minimum absolute atomic E-state index is 0. The molecule has 1 fully saturated rings. The summed E-state index contributed by atoms with van der Waals surface area (Å²) >= 11 is 0. The first-order valence-electron chi connectivity index (χ1n) is 3.13. The second kappa shape index (κ2) is 6.71. The van der Waals surface area contributed by atoms with Crippen molar-refractivity contribution in [3.63, 3.8) is 0 Å². The maximum atomic E-state index is 10.5. The van der Waals surface area contributed by atoms with Gasteiger partial charge in [0.2, 0.25) is 0 Å². The minimum atomic E-state index is -1.79. The van der Waals surface area contributed by atoms with E-state index in [0.29, 0.717) is 13.2 Å². The molecule has 0 aromatic rings. The Morgan fingerprint density at radius 1 is 1.00 bits per heavy atom. The van der Waals surface area contributed by atoms with Gasteiger partial charge >= 0.3 is 8.25 Å². The first-order valence-corrected chi connectivity index (χ1v) is 4.22. The Hall–Kier alpha value is 1.02. The van der Waals surface area contributed by atoms with Crippen molar-refractivity contribution in [1.82, 2.24) is 0 Å². The molecule has 0 atom stereocenters. The molecule has 5 heteroatoms. The van der Waals surface area contributed by atoms with Crippen LogP contribution in [0.1, 0.15) is 19.3 Å². The van der Waals surface area contributed by atoms with Crippen molar-refractivity contribution >= 4 is 37.8 Å². The predicted molar refractivity (Wildman–Crippen MR) is 39.1 cm³/mol. The maximum Gasteiger partial charge on any atom is 0.697 e. The Bertz CT molecular complexity index is 99.1. The van der Waals surface area contributed by atoms with E-state index in [0.717, 1.165) is 19.3 Å². The Labute approximate surface area is 83.7 Å². The van der Waals surface area contributed by atoms with Gasteiger partial charge in [0.15, 0.2) is 0 Å². The standard InChI is InChI=1S/C5H10O3P.Na/c6-9-7-4-2-1-3-5-8-9;/h1-5H2;/q+1;. The molecule has 0 aromatic heterocycles. The van der Waals surface area contributed by atoms with E-state index in [1.165, 1.54) is 0 Å². The fourth-order valence-electron chi connectivity index (χ4n) is 0.696. The summed E-state index contributed by atoms with van der Waals surface area (Å²) < 4.78 is 20.1. The van der Waals surface area contributed by atoms with Crippen LogP contribution < -0.4 is 0 Å². The predicted octanol–water partition coefficient (Wildman–Crippen LogP) is 1.48. The van der Waals surface area contributed by atoms with Gasteiger partial charge in [-0.3, -0.25) is 0 Å². The third-order valence-electron chi connectivity index (χ3n) is 1.18. The van der Waals surface area contributed by atoms with Crippen LogP contribution in [-0.4, -0.2) is 42.8 Å². The Morgan fingerprint density at radius 3 is 2.00 bits per heavy atom. The zero-order chi connectivity index (χ0) is 6.53. The van der Waals surface area contributed by atoms with Gasteiger partial charge in [-0.1, -0.05) is 0 Å². The van der Waals surface area contributed by atoms with E-state index in [2.05, 4.69) is 0 Å². The van der Waals surface area contributed by atoms with E-state index in [1.807, 2.05) is 0 Å². The molecule has 0 unspecified atom stereocenters. The Kier molecular flexibility index (Phi) is 7.40. The number of rotatable bonds is 0. The summed E-state index contributed by atoms with van der Waals surface area (Å²) in [5.74, 6) is 0. The normalized spacial score (nSPS) is 20.6. The average Bonchev–Trinajstić information content (AvgIpc) is 1.79. The van der Waals surface area contributed by atoms with E-state index in [1.54, 1.807) is 0 Å². The van der Waals surface area contributed by atoms with Crippen molar-refractivity contribution in [3.8, 4) is 0 Å². The topological polar surface area (TPSA) is 35.5 Å². The second-order valence-electron chi connectivity index (χ2n) is 1.95. The van der Waals surface area contributed by atoms with Crippen LogP contribution in [0.15, 0.2) is 0 Å². The Morgan fingerprint density at radius 2 is 1.50 bits per heavy atom. The molecule has 0 N–H and O–H groups in total. The third-order valence-corrected chi connectivity index (χ3v) is 1.97. The quantitative estimate of drug-likeness (QED) is 0.410. The summed E-state index contributed by atoms with van der Waals surface area (Å²) in [5.41, 5.74) is 0. The summed E-state index contributed by atoms with van der Waals surface area (Å²) in [4.78, 5) is 0. The fraction of sp³-hybridized carbons (Fsp3) is 1.00. The molecular formula is C5H10NaO3P+. The van der Waals surface area contributed by atoms with Crippen LogP contribution in [0.25, 0.3) is 0 Å². The summed E-state index contributed by atoms with van der Waals surface area (Å²) in [6.07, 6.45) is 3.12. The van der Waals surface area contributed by atoms with Crippen LogP contribution in [0, 0.1) is 0 Å². The molecule has 1 heterocycles. The van der Waals surface area contributed by atoms with Crippen LogP contribution in [0.4, 0.5) is 0 Å². The van der Waals surface area contributed by atoms with Gasteiger partial charge in [-0.2, -0.15) is 0 Å². The van der Waals surface area contributed by atoms with Gasteiger partial charge in [-0.05, 0) is 19.3 Å². The smallest absolute Gasteiger partial charge is 0.119 e. The van der Waals surface area contributed by atoms with Crippen molar-refractivity contribution in [3.05, 3.63) is 0 Å². The van der Waals surface area contributed by atoms with Gasteiger partial charge in [0.25, 0.3) is 0 Å². The molecule has 1 saturated heterocycles. The SMILES string of the molecule is O=[P+]1OCCCCCO1.[Na]. The average molecular weight is 172 g/mol. The molecule has 1 rings (SSSR count). The van der Waals surface area contributed by atoms with Gasteiger partial charge in [-0.15, -0.1) is 9.05 Å². The van der Waals surface area contributed by atoms with Crippen LogP contribution >= 0.6 is 8.25 Å². The molecule has 0 bridgehead atoms. The molecular weight excluding hydrogens is 162 g/mol. The van der Waals surface area contributed by atoms with E-state index in [9.17, 15) is 4.57 Å². The molecule has 0 saturated carbocycles.